The minimum atomic E-state index is -0.475. The molecule has 5 heteroatoms. The lowest BCUT2D eigenvalue weighted by Crippen LogP contribution is -2.33. The summed E-state index contributed by atoms with van der Waals surface area (Å²) in [5.41, 5.74) is 1.24. The zero-order valence-electron chi connectivity index (χ0n) is 16.0. The van der Waals surface area contributed by atoms with Crippen molar-refractivity contribution in [2.45, 2.75) is 52.4 Å². The van der Waals surface area contributed by atoms with Crippen LogP contribution < -0.4 is 0 Å². The van der Waals surface area contributed by atoms with Gasteiger partial charge in [0.2, 0.25) is 0 Å². The third-order valence-corrected chi connectivity index (χ3v) is 3.91. The molecule has 1 N–H and O–H groups in total. The van der Waals surface area contributed by atoms with Crippen molar-refractivity contribution in [1.29, 1.82) is 0 Å². The Balaban J connectivity index is 3.44. The van der Waals surface area contributed by atoms with Crippen LogP contribution in [0, 0.1) is 0 Å². The van der Waals surface area contributed by atoms with Crippen LogP contribution in [0.5, 0.6) is 5.75 Å². The highest BCUT2D eigenvalue weighted by atomic mass is 16.5. The number of nitrogens with zero attached hydrogens (tertiary/aromatic N) is 1. The van der Waals surface area contributed by atoms with Crippen molar-refractivity contribution < 1.29 is 19.4 Å². The van der Waals surface area contributed by atoms with E-state index in [1.807, 2.05) is 41.5 Å². The van der Waals surface area contributed by atoms with Crippen LogP contribution in [0.2, 0.25) is 0 Å². The lowest BCUT2D eigenvalue weighted by molar-refractivity contribution is -0.141. The zero-order valence-corrected chi connectivity index (χ0v) is 16.0. The van der Waals surface area contributed by atoms with E-state index in [4.69, 9.17) is 0 Å². The number of benzene rings is 1. The van der Waals surface area contributed by atoms with Gasteiger partial charge in [-0.3, -0.25) is 9.59 Å². The molecule has 0 atom stereocenters. The summed E-state index contributed by atoms with van der Waals surface area (Å²) in [6, 6.07) is 3.42. The van der Waals surface area contributed by atoms with E-state index < -0.39 is 5.97 Å². The molecule has 0 bridgehead atoms. The van der Waals surface area contributed by atoms with E-state index in [1.165, 1.54) is 12.0 Å². The van der Waals surface area contributed by atoms with Crippen LogP contribution in [0.15, 0.2) is 12.1 Å². The Morgan fingerprint density at radius 2 is 1.46 bits per heavy atom. The Labute approximate surface area is 144 Å². The number of methoxy groups -OCH3 is 1. The average Bonchev–Trinajstić information content (AvgIpc) is 2.43. The Morgan fingerprint density at radius 3 is 1.79 bits per heavy atom. The highest BCUT2D eigenvalue weighted by Gasteiger charge is 2.28. The normalized spacial score (nSPS) is 12.0. The Hall–Kier alpha value is -2.04. The van der Waals surface area contributed by atoms with Crippen LogP contribution in [-0.4, -0.2) is 42.6 Å². The molecule has 0 saturated heterocycles. The van der Waals surface area contributed by atoms with Gasteiger partial charge in [0.05, 0.1) is 7.11 Å². The average molecular weight is 335 g/mol. The second-order valence-corrected chi connectivity index (χ2v) is 8.16. The van der Waals surface area contributed by atoms with Crippen LogP contribution in [0.25, 0.3) is 0 Å². The summed E-state index contributed by atoms with van der Waals surface area (Å²) in [5.74, 6) is -0.532. The lowest BCUT2D eigenvalue weighted by atomic mass is 9.78. The Bertz CT molecular complexity index is 601. The van der Waals surface area contributed by atoms with Gasteiger partial charge in [0.15, 0.2) is 0 Å². The Kier molecular flexibility index (Phi) is 5.70. The first kappa shape index (κ1) is 20.0. The summed E-state index contributed by atoms with van der Waals surface area (Å²) in [7, 11) is 2.84. The van der Waals surface area contributed by atoms with E-state index in [-0.39, 0.29) is 29.0 Å². The molecule has 0 unspecified atom stereocenters. The number of ether oxygens (including phenoxy) is 1. The standard InChI is InChI=1S/C19H29NO4/c1-18(2,3)13-9-12(10-14(16(13)22)19(4,5)6)17(23)20(7)11-15(21)24-8/h9-10,22H,11H2,1-8H3. The first-order chi connectivity index (χ1) is 10.8. The predicted octanol–water partition coefficient (Wildman–Crippen LogP) is 3.23. The van der Waals surface area contributed by atoms with Crippen LogP contribution >= 0.6 is 0 Å². The van der Waals surface area contributed by atoms with E-state index >= 15 is 0 Å². The number of amides is 1. The largest absolute Gasteiger partial charge is 0.507 e. The van der Waals surface area contributed by atoms with Gasteiger partial charge in [0, 0.05) is 23.7 Å². The summed E-state index contributed by atoms with van der Waals surface area (Å²) in [6.07, 6.45) is 0. The first-order valence-corrected chi connectivity index (χ1v) is 7.99. The molecule has 1 aromatic carbocycles. The smallest absolute Gasteiger partial charge is 0.325 e. The molecule has 0 spiro atoms. The number of hydrogen-bond donors (Lipinski definition) is 1. The summed E-state index contributed by atoms with van der Waals surface area (Å²) < 4.78 is 4.61. The SMILES string of the molecule is COC(=O)CN(C)C(=O)c1cc(C(C)(C)C)c(O)c(C(C)(C)C)c1. The molecular formula is C19H29NO4. The molecule has 0 aliphatic carbocycles. The lowest BCUT2D eigenvalue weighted by Gasteiger charge is -2.28. The van der Waals surface area contributed by atoms with Crippen LogP contribution in [0.1, 0.15) is 63.0 Å². The summed E-state index contributed by atoms with van der Waals surface area (Å²) >= 11 is 0. The molecule has 1 amide bonds. The quantitative estimate of drug-likeness (QED) is 0.861. The maximum absolute atomic E-state index is 12.7. The fourth-order valence-corrected chi connectivity index (χ4v) is 2.45. The highest BCUT2D eigenvalue weighted by Crippen LogP contribution is 2.39. The van der Waals surface area contributed by atoms with Gasteiger partial charge in [-0.2, -0.15) is 0 Å². The third-order valence-electron chi connectivity index (χ3n) is 3.91. The molecule has 0 aliphatic heterocycles. The third kappa shape index (κ3) is 4.49. The van der Waals surface area contributed by atoms with Crippen molar-refractivity contribution in [3.05, 3.63) is 28.8 Å². The number of carbonyl (C=O) groups is 2. The second kappa shape index (κ2) is 6.83. The van der Waals surface area contributed by atoms with E-state index in [9.17, 15) is 14.7 Å². The van der Waals surface area contributed by atoms with E-state index in [0.29, 0.717) is 16.7 Å². The molecule has 0 saturated carbocycles. The molecule has 24 heavy (non-hydrogen) atoms. The van der Waals surface area contributed by atoms with E-state index in [2.05, 4.69) is 4.74 Å². The van der Waals surface area contributed by atoms with Crippen molar-refractivity contribution >= 4 is 11.9 Å². The van der Waals surface area contributed by atoms with Crippen LogP contribution in [-0.2, 0) is 20.4 Å². The number of likely N-dealkylation sites (N-methyl/N-ethyl adjacent to an activating group) is 1. The summed E-state index contributed by atoms with van der Waals surface area (Å²) in [5, 5.41) is 10.7. The number of hydrogen-bond acceptors (Lipinski definition) is 4. The van der Waals surface area contributed by atoms with Crippen molar-refractivity contribution in [2.75, 3.05) is 20.7 Å². The fraction of sp³-hybridized carbons (Fsp3) is 0.579. The van der Waals surface area contributed by atoms with Gasteiger partial charge in [-0.25, -0.2) is 0 Å². The van der Waals surface area contributed by atoms with Crippen molar-refractivity contribution in [2.24, 2.45) is 0 Å². The number of aromatic hydroxyl groups is 1. The second-order valence-electron chi connectivity index (χ2n) is 8.16. The summed E-state index contributed by atoms with van der Waals surface area (Å²) in [6.45, 7) is 11.8. The zero-order chi connectivity index (χ0) is 18.9. The predicted molar refractivity (Wildman–Crippen MR) is 94.5 cm³/mol. The maximum atomic E-state index is 12.7. The fourth-order valence-electron chi connectivity index (χ4n) is 2.45. The maximum Gasteiger partial charge on any atom is 0.325 e. The van der Waals surface area contributed by atoms with Gasteiger partial charge >= 0.3 is 5.97 Å². The highest BCUT2D eigenvalue weighted by molar-refractivity contribution is 5.96. The van der Waals surface area contributed by atoms with Crippen molar-refractivity contribution in [3.8, 4) is 5.75 Å². The van der Waals surface area contributed by atoms with E-state index in [1.54, 1.807) is 19.2 Å². The van der Waals surface area contributed by atoms with Crippen LogP contribution in [0.3, 0.4) is 0 Å². The minimum absolute atomic E-state index is 0.119. The molecule has 5 nitrogen and oxygen atoms in total. The molecule has 1 aromatic rings. The van der Waals surface area contributed by atoms with Gasteiger partial charge in [0.1, 0.15) is 12.3 Å². The van der Waals surface area contributed by atoms with Gasteiger partial charge < -0.3 is 14.7 Å². The molecule has 0 radical (unpaired) electrons. The van der Waals surface area contributed by atoms with Gasteiger partial charge in [-0.1, -0.05) is 41.5 Å². The van der Waals surface area contributed by atoms with E-state index in [0.717, 1.165) is 0 Å². The minimum Gasteiger partial charge on any atom is -0.507 e. The van der Waals surface area contributed by atoms with Gasteiger partial charge in [-0.05, 0) is 23.0 Å². The Morgan fingerprint density at radius 1 is 1.04 bits per heavy atom. The molecule has 0 fully saturated rings. The molecule has 0 heterocycles. The number of phenolic OH excluding ortho intramolecular Hbond substituents is 1. The number of rotatable bonds is 3. The van der Waals surface area contributed by atoms with Gasteiger partial charge in [0.25, 0.3) is 5.91 Å². The van der Waals surface area contributed by atoms with Crippen LogP contribution in [0.4, 0.5) is 0 Å². The number of esters is 1. The topological polar surface area (TPSA) is 66.8 Å². The number of carbonyl (C=O) groups excluding carboxylic acids is 2. The molecule has 0 aliphatic rings. The molecule has 1 rings (SSSR count). The van der Waals surface area contributed by atoms with Crippen molar-refractivity contribution in [3.63, 3.8) is 0 Å². The number of phenols is 1. The van der Waals surface area contributed by atoms with Crippen molar-refractivity contribution in [1.82, 2.24) is 4.90 Å². The monoisotopic (exact) mass is 335 g/mol. The van der Waals surface area contributed by atoms with Gasteiger partial charge in [-0.15, -0.1) is 0 Å². The molecule has 0 aromatic heterocycles. The summed E-state index contributed by atoms with van der Waals surface area (Å²) in [4.78, 5) is 25.4. The molecule has 134 valence electrons. The molecular weight excluding hydrogens is 306 g/mol. The first-order valence-electron chi connectivity index (χ1n) is 7.99.